The van der Waals surface area contributed by atoms with Gasteiger partial charge in [-0.1, -0.05) is 352 Å². The molecule has 4 aromatic heterocycles. The highest BCUT2D eigenvalue weighted by atomic mass is 16.3. The molecule has 128 heavy (non-hydrogen) atoms. The maximum atomic E-state index is 7.40. The Labute approximate surface area is 739 Å². The first kappa shape index (κ1) is 73.6. The Hall–Kier alpha value is -17.1. The Kier molecular flexibility index (Phi) is 17.5. The first-order valence-corrected chi connectivity index (χ1v) is 43.8. The van der Waals surface area contributed by atoms with Crippen LogP contribution < -0.4 is 9.80 Å². The van der Waals surface area contributed by atoms with E-state index in [2.05, 4.69) is 486 Å². The van der Waals surface area contributed by atoms with Gasteiger partial charge in [-0.05, 0) is 193 Å². The zero-order valence-electron chi connectivity index (χ0n) is 69.6. The molecule has 25 rings (SSSR count). The first-order chi connectivity index (χ1) is 63.5. The summed E-state index contributed by atoms with van der Waals surface area (Å²) in [5.74, 6) is 0. The molecule has 0 unspecified atom stereocenters. The number of para-hydroxylation sites is 12. The molecule has 0 N–H and O–H groups in total. The summed E-state index contributed by atoms with van der Waals surface area (Å²) in [4.78, 5) is 4.80. The molecule has 0 radical (unpaired) electrons. The second kappa shape index (κ2) is 30.5. The largest absolute Gasteiger partial charge is 0.455 e. The summed E-state index contributed by atoms with van der Waals surface area (Å²) in [7, 11) is 0. The fourth-order valence-electron chi connectivity index (χ4n) is 20.1. The van der Waals surface area contributed by atoms with Crippen LogP contribution in [0.1, 0.15) is 0 Å². The van der Waals surface area contributed by atoms with Crippen LogP contribution in [-0.2, 0) is 0 Å². The molecule has 25 aromatic rings. The van der Waals surface area contributed by atoms with Crippen LogP contribution in [0.4, 0.5) is 34.1 Å². The lowest BCUT2D eigenvalue weighted by atomic mass is 9.95. The van der Waals surface area contributed by atoms with E-state index in [9.17, 15) is 0 Å². The van der Waals surface area contributed by atoms with Gasteiger partial charge >= 0.3 is 0 Å². The Morgan fingerprint density at radius 3 is 0.922 bits per heavy atom. The Balaban J connectivity index is 0.535. The summed E-state index contributed by atoms with van der Waals surface area (Å²) in [6.45, 7) is 0. The molecule has 4 heterocycles. The van der Waals surface area contributed by atoms with E-state index in [0.29, 0.717) is 0 Å². The van der Waals surface area contributed by atoms with Gasteiger partial charge in [0.05, 0.1) is 44.8 Å². The summed E-state index contributed by atoms with van der Waals surface area (Å²) in [5.41, 5.74) is 34.2. The fourth-order valence-corrected chi connectivity index (χ4v) is 20.1. The van der Waals surface area contributed by atoms with Crippen LogP contribution in [0.3, 0.4) is 0 Å². The summed E-state index contributed by atoms with van der Waals surface area (Å²) in [6, 6.07) is 172. The van der Waals surface area contributed by atoms with Gasteiger partial charge in [-0.3, -0.25) is 0 Å². The maximum Gasteiger partial charge on any atom is 0.143 e. The molecule has 0 atom stereocenters. The van der Waals surface area contributed by atoms with Gasteiger partial charge in [-0.15, -0.1) is 0 Å². The summed E-state index contributed by atoms with van der Waals surface area (Å²) < 4.78 is 19.0. The molecule has 0 aliphatic rings. The zero-order valence-corrected chi connectivity index (χ0v) is 69.6. The van der Waals surface area contributed by atoms with E-state index in [-0.39, 0.29) is 0 Å². The van der Waals surface area contributed by atoms with E-state index >= 15 is 0 Å². The number of aromatic nitrogens is 2. The Bertz CT molecular complexity index is 8580. The molecule has 6 heteroatoms. The minimum atomic E-state index is 0.835. The topological polar surface area (TPSA) is 42.6 Å². The van der Waals surface area contributed by atoms with E-state index in [0.717, 1.165) is 184 Å². The fraction of sp³-hybridized carbons (Fsp3) is 0. The number of fused-ring (bicyclic) bond motifs is 14. The quantitative estimate of drug-likeness (QED) is 0.0967. The van der Waals surface area contributed by atoms with E-state index < -0.39 is 0 Å². The predicted molar refractivity (Wildman–Crippen MR) is 538 cm³/mol. The number of furan rings is 2. The molecule has 0 bridgehead atoms. The maximum absolute atomic E-state index is 7.40. The van der Waals surface area contributed by atoms with Gasteiger partial charge in [-0.2, -0.15) is 0 Å². The zero-order chi connectivity index (χ0) is 84.3. The van der Waals surface area contributed by atoms with Gasteiger partial charge in [0.25, 0.3) is 0 Å². The van der Waals surface area contributed by atoms with Gasteiger partial charge in [0.2, 0.25) is 0 Å². The lowest BCUT2D eigenvalue weighted by molar-refractivity contribution is 0.670. The predicted octanol–water partition coefficient (Wildman–Crippen LogP) is 34.3. The van der Waals surface area contributed by atoms with E-state index in [1.807, 2.05) is 6.07 Å². The number of rotatable bonds is 16. The smallest absolute Gasteiger partial charge is 0.143 e. The molecule has 0 aliphatic heterocycles. The molecule has 0 saturated carbocycles. The van der Waals surface area contributed by atoms with Crippen molar-refractivity contribution >= 4 is 143 Å². The van der Waals surface area contributed by atoms with Gasteiger partial charge in [0.1, 0.15) is 22.3 Å². The van der Waals surface area contributed by atoms with Gasteiger partial charge in [-0.25, -0.2) is 0 Å². The number of hydrogen-bond donors (Lipinski definition) is 0. The SMILES string of the molecule is c1ccc(N(c2ccc(-c3ccc(-c4ccc5ccc(-c6cccc7c6oc6c(-c8ccccc8N(c8ccc(-c9ccc%10ccccc%10c9)cc8)c8ccc(-c9ccccc9-n9c%10ccccc%10c%10ccccc%109)cc8)cccc67)cc5c4)cc3)cc2)c2ccc(-c3ccccc3-n3c4ccccc4c4ccccc43)cc2)c(-c2cccc3c2oc2ccccc23)c1. The minimum Gasteiger partial charge on any atom is -0.455 e. The second-order valence-corrected chi connectivity index (χ2v) is 33.3. The molecular weight excluding hydrogens is 1550 g/mol. The Morgan fingerprint density at radius 2 is 0.453 bits per heavy atom. The number of nitrogens with zero attached hydrogens (tertiary/aromatic N) is 4. The van der Waals surface area contributed by atoms with Crippen LogP contribution in [0.25, 0.3) is 209 Å². The number of anilines is 6. The lowest BCUT2D eigenvalue weighted by Crippen LogP contribution is -2.11. The number of hydrogen-bond acceptors (Lipinski definition) is 4. The van der Waals surface area contributed by atoms with Crippen molar-refractivity contribution in [2.45, 2.75) is 0 Å². The molecule has 0 aliphatic carbocycles. The van der Waals surface area contributed by atoms with Crippen LogP contribution in [-0.4, -0.2) is 9.13 Å². The van der Waals surface area contributed by atoms with Crippen LogP contribution >= 0.6 is 0 Å². The number of benzene rings is 21. The third-order valence-corrected chi connectivity index (χ3v) is 26.2. The average Bonchev–Trinajstić information content (AvgIpc) is 1.57. The van der Waals surface area contributed by atoms with Crippen molar-refractivity contribution in [3.05, 3.63) is 473 Å². The first-order valence-electron chi connectivity index (χ1n) is 43.8. The van der Waals surface area contributed by atoms with Crippen molar-refractivity contribution in [3.8, 4) is 100 Å². The van der Waals surface area contributed by atoms with Gasteiger partial charge < -0.3 is 27.8 Å². The van der Waals surface area contributed by atoms with Crippen molar-refractivity contribution in [3.63, 3.8) is 0 Å². The highest BCUT2D eigenvalue weighted by molar-refractivity contribution is 6.16. The van der Waals surface area contributed by atoms with Crippen LogP contribution in [0.5, 0.6) is 0 Å². The summed E-state index contributed by atoms with van der Waals surface area (Å²) >= 11 is 0. The average molecular weight is 1630 g/mol. The van der Waals surface area contributed by atoms with Crippen LogP contribution in [0.2, 0.25) is 0 Å². The van der Waals surface area contributed by atoms with Gasteiger partial charge in [0, 0.05) is 105 Å². The molecule has 0 amide bonds. The van der Waals surface area contributed by atoms with Crippen molar-refractivity contribution in [1.82, 2.24) is 9.13 Å². The molecule has 598 valence electrons. The van der Waals surface area contributed by atoms with Crippen LogP contribution in [0, 0.1) is 0 Å². The summed E-state index contributed by atoms with van der Waals surface area (Å²) in [5, 5.41) is 14.0. The van der Waals surface area contributed by atoms with Crippen molar-refractivity contribution < 1.29 is 8.83 Å². The molecule has 6 nitrogen and oxygen atoms in total. The standard InChI is InChI=1S/C122H78N4O2/c1-2-25-87-76-88(57-54-79(87)24-1)83-62-70-93(71-63-83)124(95-74-66-86(67-75-95)97-27-4-13-42-112(97)126-117-47-18-7-30-101(117)102-31-8-19-48-118(102)126)114-44-15-10-33-104(114)107-37-23-40-110-109-39-21-35-98(120(109)128-122(107)110)90-59-56-84-55-58-89(77-91(84)78-90)82-52-50-80(51-53-82)81-60-68-92(69-61-81)123(113-43-14-9-32-103(113)106-36-22-38-108-105-34-11-20-49-119(105)127-121(106)108)94-72-64-85(65-73-94)96-26-3-12-41-111(96)125-115-45-16-5-28-99(115)100-29-6-17-46-116(100)125/h1-78H. The van der Waals surface area contributed by atoms with E-state index in [4.69, 9.17) is 8.83 Å². The van der Waals surface area contributed by atoms with Gasteiger partial charge in [0.15, 0.2) is 0 Å². The minimum absolute atomic E-state index is 0.835. The second-order valence-electron chi connectivity index (χ2n) is 33.3. The third-order valence-electron chi connectivity index (χ3n) is 26.2. The van der Waals surface area contributed by atoms with Crippen molar-refractivity contribution in [2.75, 3.05) is 9.80 Å². The van der Waals surface area contributed by atoms with Crippen molar-refractivity contribution in [2.24, 2.45) is 0 Å². The normalized spacial score (nSPS) is 11.8. The van der Waals surface area contributed by atoms with Crippen molar-refractivity contribution in [1.29, 1.82) is 0 Å². The van der Waals surface area contributed by atoms with E-state index in [1.165, 1.54) is 59.9 Å². The third kappa shape index (κ3) is 12.4. The molecule has 0 spiro atoms. The molecule has 21 aromatic carbocycles. The van der Waals surface area contributed by atoms with Crippen LogP contribution in [0.15, 0.2) is 482 Å². The highest BCUT2D eigenvalue weighted by Crippen LogP contribution is 2.51. The monoisotopic (exact) mass is 1630 g/mol. The van der Waals surface area contributed by atoms with E-state index in [1.54, 1.807) is 0 Å². The molecule has 0 fully saturated rings. The summed E-state index contributed by atoms with van der Waals surface area (Å²) in [6.07, 6.45) is 0. The lowest BCUT2D eigenvalue weighted by Gasteiger charge is -2.28. The molecule has 0 saturated heterocycles. The molecular formula is C122H78N4O2. The Morgan fingerprint density at radius 1 is 0.164 bits per heavy atom. The highest BCUT2D eigenvalue weighted by Gasteiger charge is 2.27.